The van der Waals surface area contributed by atoms with Crippen LogP contribution in [-0.4, -0.2) is 17.3 Å². The summed E-state index contributed by atoms with van der Waals surface area (Å²) in [6.07, 6.45) is -3.75. The van der Waals surface area contributed by atoms with Crippen molar-refractivity contribution >= 4 is 0 Å². The molecule has 1 aromatic carbocycles. The van der Waals surface area contributed by atoms with Crippen molar-refractivity contribution in [3.8, 4) is 0 Å². The molecule has 1 atom stereocenters. The van der Waals surface area contributed by atoms with Gasteiger partial charge in [0, 0.05) is 13.1 Å². The molecular weight excluding hydrogens is 267 g/mol. The smallest absolute Gasteiger partial charge is 0.389 e. The SMILES string of the molecule is CC(C)CC(C)(O)CNCc1ccccc1C(F)(F)F. The lowest BCUT2D eigenvalue weighted by Crippen LogP contribution is -2.38. The van der Waals surface area contributed by atoms with Crippen molar-refractivity contribution in [3.05, 3.63) is 35.4 Å². The van der Waals surface area contributed by atoms with Crippen LogP contribution >= 0.6 is 0 Å². The maximum absolute atomic E-state index is 12.8. The molecule has 0 spiro atoms. The Balaban J connectivity index is 2.63. The molecular formula is C15H22F3NO. The standard InChI is InChI=1S/C15H22F3NO/c1-11(2)8-14(3,20)10-19-9-12-6-4-5-7-13(12)15(16,17)18/h4-7,11,19-20H,8-10H2,1-3H3. The lowest BCUT2D eigenvalue weighted by molar-refractivity contribution is -0.138. The highest BCUT2D eigenvalue weighted by Crippen LogP contribution is 2.31. The first-order valence-corrected chi connectivity index (χ1v) is 6.70. The Hall–Kier alpha value is -1.07. The van der Waals surface area contributed by atoms with Crippen LogP contribution in [0, 0.1) is 5.92 Å². The largest absolute Gasteiger partial charge is 0.416 e. The fraction of sp³-hybridized carbons (Fsp3) is 0.600. The Labute approximate surface area is 118 Å². The minimum absolute atomic E-state index is 0.0872. The van der Waals surface area contributed by atoms with Gasteiger partial charge in [0.2, 0.25) is 0 Å². The first-order valence-electron chi connectivity index (χ1n) is 6.70. The Morgan fingerprint density at radius 3 is 2.35 bits per heavy atom. The summed E-state index contributed by atoms with van der Waals surface area (Å²) in [7, 11) is 0. The molecule has 0 fully saturated rings. The molecule has 1 rings (SSSR count). The lowest BCUT2D eigenvalue weighted by Gasteiger charge is -2.26. The van der Waals surface area contributed by atoms with Crippen molar-refractivity contribution in [1.29, 1.82) is 0 Å². The zero-order valence-corrected chi connectivity index (χ0v) is 12.1. The van der Waals surface area contributed by atoms with Gasteiger partial charge >= 0.3 is 6.18 Å². The molecule has 0 saturated carbocycles. The molecule has 1 unspecified atom stereocenters. The summed E-state index contributed by atoms with van der Waals surface area (Å²) < 4.78 is 38.4. The summed E-state index contributed by atoms with van der Waals surface area (Å²) in [5.74, 6) is 0.328. The van der Waals surface area contributed by atoms with Crippen LogP contribution in [0.4, 0.5) is 13.2 Å². The average molecular weight is 289 g/mol. The van der Waals surface area contributed by atoms with Crippen LogP contribution in [0.5, 0.6) is 0 Å². The maximum atomic E-state index is 12.8. The van der Waals surface area contributed by atoms with E-state index in [0.717, 1.165) is 6.07 Å². The van der Waals surface area contributed by atoms with E-state index in [-0.39, 0.29) is 18.7 Å². The van der Waals surface area contributed by atoms with Gasteiger partial charge in [-0.2, -0.15) is 13.2 Å². The molecule has 0 aliphatic carbocycles. The molecule has 0 aliphatic rings. The summed E-state index contributed by atoms with van der Waals surface area (Å²) in [6.45, 7) is 6.03. The Morgan fingerprint density at radius 1 is 1.20 bits per heavy atom. The van der Waals surface area contributed by atoms with E-state index in [1.165, 1.54) is 12.1 Å². The summed E-state index contributed by atoms with van der Waals surface area (Å²) in [4.78, 5) is 0. The fourth-order valence-corrected chi connectivity index (χ4v) is 2.37. The summed E-state index contributed by atoms with van der Waals surface area (Å²) >= 11 is 0. The Morgan fingerprint density at radius 2 is 1.80 bits per heavy atom. The summed E-state index contributed by atoms with van der Waals surface area (Å²) in [5, 5.41) is 13.0. The van der Waals surface area contributed by atoms with Crippen molar-refractivity contribution in [1.82, 2.24) is 5.32 Å². The van der Waals surface area contributed by atoms with Crippen LogP contribution in [0.3, 0.4) is 0 Å². The first kappa shape index (κ1) is 17.0. The normalized spacial score (nSPS) is 15.4. The van der Waals surface area contributed by atoms with Gasteiger partial charge in [-0.3, -0.25) is 0 Å². The van der Waals surface area contributed by atoms with Gasteiger partial charge in [0.1, 0.15) is 0 Å². The Kier molecular flexibility index (Phi) is 5.59. The van der Waals surface area contributed by atoms with Gasteiger partial charge in [-0.15, -0.1) is 0 Å². The van der Waals surface area contributed by atoms with E-state index in [2.05, 4.69) is 5.32 Å². The van der Waals surface area contributed by atoms with Crippen molar-refractivity contribution in [2.75, 3.05) is 6.54 Å². The number of nitrogens with one attached hydrogen (secondary N) is 1. The molecule has 20 heavy (non-hydrogen) atoms. The molecule has 2 N–H and O–H groups in total. The number of hydrogen-bond acceptors (Lipinski definition) is 2. The third kappa shape index (κ3) is 5.51. The zero-order valence-electron chi connectivity index (χ0n) is 12.1. The molecule has 1 aromatic rings. The van der Waals surface area contributed by atoms with Crippen molar-refractivity contribution in [3.63, 3.8) is 0 Å². The molecule has 5 heteroatoms. The van der Waals surface area contributed by atoms with Crippen LogP contribution in [0.15, 0.2) is 24.3 Å². The second kappa shape index (κ2) is 6.59. The van der Waals surface area contributed by atoms with E-state index in [0.29, 0.717) is 12.3 Å². The number of alkyl halides is 3. The molecule has 0 amide bonds. The molecule has 0 heterocycles. The van der Waals surface area contributed by atoms with Crippen LogP contribution in [-0.2, 0) is 12.7 Å². The molecule has 114 valence electrons. The molecule has 2 nitrogen and oxygen atoms in total. The number of hydrogen-bond donors (Lipinski definition) is 2. The third-order valence-electron chi connectivity index (χ3n) is 2.99. The monoisotopic (exact) mass is 289 g/mol. The minimum atomic E-state index is -4.35. The fourth-order valence-electron chi connectivity index (χ4n) is 2.37. The Bertz CT molecular complexity index is 427. The average Bonchev–Trinajstić information content (AvgIpc) is 2.26. The highest BCUT2D eigenvalue weighted by molar-refractivity contribution is 5.29. The minimum Gasteiger partial charge on any atom is -0.389 e. The van der Waals surface area contributed by atoms with Crippen molar-refractivity contribution in [2.24, 2.45) is 5.92 Å². The second-order valence-electron chi connectivity index (χ2n) is 5.85. The predicted octanol–water partition coefficient (Wildman–Crippen LogP) is 3.59. The van der Waals surface area contributed by atoms with Crippen LogP contribution in [0.25, 0.3) is 0 Å². The lowest BCUT2D eigenvalue weighted by atomic mass is 9.94. The van der Waals surface area contributed by atoms with E-state index in [9.17, 15) is 18.3 Å². The number of rotatable bonds is 6. The molecule has 0 bridgehead atoms. The van der Waals surface area contributed by atoms with Gasteiger partial charge in [0.15, 0.2) is 0 Å². The highest BCUT2D eigenvalue weighted by atomic mass is 19.4. The van der Waals surface area contributed by atoms with Crippen LogP contribution < -0.4 is 5.32 Å². The highest BCUT2D eigenvalue weighted by Gasteiger charge is 2.32. The van der Waals surface area contributed by atoms with Gasteiger partial charge in [0.05, 0.1) is 11.2 Å². The molecule has 0 radical (unpaired) electrons. The first-order chi connectivity index (χ1) is 9.12. The van der Waals surface area contributed by atoms with E-state index >= 15 is 0 Å². The van der Waals surface area contributed by atoms with Gasteiger partial charge in [-0.05, 0) is 30.9 Å². The quantitative estimate of drug-likeness (QED) is 0.839. The molecule has 0 aromatic heterocycles. The van der Waals surface area contributed by atoms with Crippen molar-refractivity contribution < 1.29 is 18.3 Å². The van der Waals surface area contributed by atoms with E-state index in [1.807, 2.05) is 13.8 Å². The van der Waals surface area contributed by atoms with Gasteiger partial charge in [-0.25, -0.2) is 0 Å². The second-order valence-corrected chi connectivity index (χ2v) is 5.85. The van der Waals surface area contributed by atoms with Crippen molar-refractivity contribution in [2.45, 2.75) is 45.5 Å². The van der Waals surface area contributed by atoms with Gasteiger partial charge in [0.25, 0.3) is 0 Å². The van der Waals surface area contributed by atoms with E-state index in [1.54, 1.807) is 13.0 Å². The summed E-state index contributed by atoms with van der Waals surface area (Å²) in [6, 6.07) is 5.48. The molecule has 0 aliphatic heterocycles. The number of benzene rings is 1. The van der Waals surface area contributed by atoms with Crippen LogP contribution in [0.2, 0.25) is 0 Å². The van der Waals surface area contributed by atoms with E-state index in [4.69, 9.17) is 0 Å². The molecule has 0 saturated heterocycles. The summed E-state index contributed by atoms with van der Waals surface area (Å²) in [5.41, 5.74) is -1.35. The van der Waals surface area contributed by atoms with Gasteiger partial charge < -0.3 is 10.4 Å². The number of halogens is 3. The topological polar surface area (TPSA) is 32.3 Å². The third-order valence-corrected chi connectivity index (χ3v) is 2.99. The predicted molar refractivity (Wildman–Crippen MR) is 73.2 cm³/mol. The van der Waals surface area contributed by atoms with E-state index < -0.39 is 17.3 Å². The van der Waals surface area contributed by atoms with Crippen LogP contribution in [0.1, 0.15) is 38.3 Å². The zero-order chi connectivity index (χ0) is 15.4. The van der Waals surface area contributed by atoms with Gasteiger partial charge in [-0.1, -0.05) is 32.0 Å². The number of aliphatic hydroxyl groups is 1. The maximum Gasteiger partial charge on any atom is 0.416 e.